The Balaban J connectivity index is 1.59. The van der Waals surface area contributed by atoms with Crippen molar-refractivity contribution in [1.29, 1.82) is 0 Å². The van der Waals surface area contributed by atoms with E-state index >= 15 is 4.39 Å². The van der Waals surface area contributed by atoms with Gasteiger partial charge in [-0.2, -0.15) is 0 Å². The van der Waals surface area contributed by atoms with Gasteiger partial charge in [-0.15, -0.1) is 0 Å². The molecule has 1 aliphatic rings. The van der Waals surface area contributed by atoms with Crippen LogP contribution in [0.3, 0.4) is 0 Å². The van der Waals surface area contributed by atoms with Crippen LogP contribution in [0.2, 0.25) is 5.02 Å². The molecule has 2 heterocycles. The molecule has 210 valence electrons. The number of H-pyrrole nitrogens is 2. The number of hydrogen-bond donors (Lipinski definition) is 4. The van der Waals surface area contributed by atoms with E-state index in [9.17, 15) is 19.5 Å². The summed E-state index contributed by atoms with van der Waals surface area (Å²) in [5.74, 6) is -2.32. The first-order chi connectivity index (χ1) is 19.4. The predicted octanol–water partition coefficient (Wildman–Crippen LogP) is 4.79. The van der Waals surface area contributed by atoms with Crippen LogP contribution in [-0.2, 0) is 10.4 Å². The van der Waals surface area contributed by atoms with Gasteiger partial charge in [0, 0.05) is 22.5 Å². The number of amides is 1. The van der Waals surface area contributed by atoms with Crippen LogP contribution in [-0.4, -0.2) is 31.7 Å². The fraction of sp³-hybridized carbons (Fsp3) is 0.258. The van der Waals surface area contributed by atoms with Gasteiger partial charge in [-0.1, -0.05) is 41.9 Å². The fourth-order valence-electron chi connectivity index (χ4n) is 6.14. The van der Waals surface area contributed by atoms with Crippen molar-refractivity contribution in [2.75, 3.05) is 0 Å². The van der Waals surface area contributed by atoms with Crippen molar-refractivity contribution >= 4 is 39.3 Å². The molecule has 1 aliphatic carbocycles. The number of nitrogens with zero attached hydrogens (tertiary/aromatic N) is 1. The first-order valence-electron chi connectivity index (χ1n) is 13.2. The van der Waals surface area contributed by atoms with E-state index in [0.717, 1.165) is 4.57 Å². The van der Waals surface area contributed by atoms with Gasteiger partial charge in [0.15, 0.2) is 0 Å². The van der Waals surface area contributed by atoms with Gasteiger partial charge in [0.25, 0.3) is 5.56 Å². The highest BCUT2D eigenvalue weighted by atomic mass is 35.5. The van der Waals surface area contributed by atoms with Crippen molar-refractivity contribution in [3.05, 3.63) is 108 Å². The lowest BCUT2D eigenvalue weighted by atomic mass is 9.73. The molecule has 0 saturated carbocycles. The average molecular weight is 575 g/mol. The highest BCUT2D eigenvalue weighted by molar-refractivity contribution is 6.34. The number of nitrogens with two attached hydrogens (primary N) is 1. The van der Waals surface area contributed by atoms with Crippen molar-refractivity contribution in [1.82, 2.24) is 14.5 Å². The standard InChI is InChI=1S/C31H28ClFN4O4/c1-14-16(6-5-9-23(14)37-29(39)18-7-4-8-20(32)26(18)36-30(37)40)24-21(33)13-19(28(34)38)27-25(24)17-11-10-15(31(2,3)41)12-22(17)35-27/h4-12,19,21,24,35,41H,13H2,1-3H3,(H2,34,38)(H,36,40)/t19?,21-,24-/m1/s1. The molecule has 0 bridgehead atoms. The van der Waals surface area contributed by atoms with Crippen molar-refractivity contribution in [2.45, 2.75) is 50.8 Å². The summed E-state index contributed by atoms with van der Waals surface area (Å²) in [6.45, 7) is 5.08. The van der Waals surface area contributed by atoms with Crippen molar-refractivity contribution in [2.24, 2.45) is 5.73 Å². The van der Waals surface area contributed by atoms with E-state index in [1.165, 1.54) is 0 Å². The van der Waals surface area contributed by atoms with Crippen molar-refractivity contribution in [3.63, 3.8) is 0 Å². The number of carbonyl (C=O) groups excluding carboxylic acids is 1. The number of nitrogens with one attached hydrogen (secondary N) is 2. The smallest absolute Gasteiger partial charge is 0.333 e. The highest BCUT2D eigenvalue weighted by Gasteiger charge is 2.42. The third-order valence-electron chi connectivity index (χ3n) is 8.21. The minimum Gasteiger partial charge on any atom is -0.386 e. The summed E-state index contributed by atoms with van der Waals surface area (Å²) in [6.07, 6.45) is -1.61. The number of aliphatic hydroxyl groups is 1. The summed E-state index contributed by atoms with van der Waals surface area (Å²) in [5.41, 5.74) is 7.48. The molecule has 41 heavy (non-hydrogen) atoms. The quantitative estimate of drug-likeness (QED) is 0.245. The molecule has 0 saturated heterocycles. The van der Waals surface area contributed by atoms with Gasteiger partial charge < -0.3 is 20.8 Å². The number of para-hydroxylation sites is 1. The Kier molecular flexibility index (Phi) is 6.20. The molecule has 2 aromatic heterocycles. The van der Waals surface area contributed by atoms with E-state index < -0.39 is 40.8 Å². The van der Waals surface area contributed by atoms with Crippen LogP contribution in [0, 0.1) is 6.92 Å². The Labute approximate surface area is 238 Å². The van der Waals surface area contributed by atoms with Crippen molar-refractivity contribution in [3.8, 4) is 5.69 Å². The number of aromatic nitrogens is 3. The third kappa shape index (κ3) is 4.19. The first kappa shape index (κ1) is 27.0. The van der Waals surface area contributed by atoms with Crippen LogP contribution >= 0.6 is 11.6 Å². The number of fused-ring (bicyclic) bond motifs is 4. The lowest BCUT2D eigenvalue weighted by Crippen LogP contribution is -2.35. The van der Waals surface area contributed by atoms with Crippen LogP contribution in [0.25, 0.3) is 27.5 Å². The molecule has 5 N–H and O–H groups in total. The van der Waals surface area contributed by atoms with Crippen LogP contribution in [0.1, 0.15) is 60.1 Å². The summed E-state index contributed by atoms with van der Waals surface area (Å²) in [6, 6.07) is 15.3. The number of hydrogen-bond acceptors (Lipinski definition) is 4. The molecule has 6 rings (SSSR count). The summed E-state index contributed by atoms with van der Waals surface area (Å²) >= 11 is 6.22. The predicted molar refractivity (Wildman–Crippen MR) is 157 cm³/mol. The van der Waals surface area contributed by atoms with Gasteiger partial charge >= 0.3 is 5.69 Å². The van der Waals surface area contributed by atoms with E-state index in [2.05, 4.69) is 9.97 Å². The molecule has 5 aromatic rings. The Hall–Kier alpha value is -4.21. The number of aromatic amines is 2. The highest BCUT2D eigenvalue weighted by Crippen LogP contribution is 2.48. The molecule has 3 aromatic carbocycles. The number of primary amides is 1. The van der Waals surface area contributed by atoms with E-state index in [-0.39, 0.29) is 22.3 Å². The molecule has 3 atom stereocenters. The zero-order chi connectivity index (χ0) is 29.4. The zero-order valence-corrected chi connectivity index (χ0v) is 23.3. The Morgan fingerprint density at radius 2 is 1.83 bits per heavy atom. The maximum atomic E-state index is 16.2. The van der Waals surface area contributed by atoms with E-state index in [4.69, 9.17) is 17.3 Å². The molecule has 1 amide bonds. The fourth-order valence-corrected chi connectivity index (χ4v) is 6.36. The molecule has 0 aliphatic heterocycles. The Bertz CT molecular complexity index is 2000. The average Bonchev–Trinajstić information content (AvgIpc) is 3.28. The van der Waals surface area contributed by atoms with Gasteiger partial charge in [0.1, 0.15) is 6.17 Å². The largest absolute Gasteiger partial charge is 0.386 e. The second kappa shape index (κ2) is 9.43. The lowest BCUT2D eigenvalue weighted by Gasteiger charge is -2.32. The molecule has 0 fully saturated rings. The zero-order valence-electron chi connectivity index (χ0n) is 22.6. The molecule has 0 spiro atoms. The molecule has 0 radical (unpaired) electrons. The topological polar surface area (TPSA) is 134 Å². The van der Waals surface area contributed by atoms with Gasteiger partial charge in [-0.3, -0.25) is 9.59 Å². The monoisotopic (exact) mass is 574 g/mol. The summed E-state index contributed by atoms with van der Waals surface area (Å²) in [7, 11) is 0. The number of alkyl halides is 1. The molecule has 1 unspecified atom stereocenters. The van der Waals surface area contributed by atoms with Gasteiger partial charge in [0.2, 0.25) is 5.91 Å². The molecular formula is C31H28ClFN4O4. The minimum atomic E-state index is -1.48. The van der Waals surface area contributed by atoms with E-state index in [0.29, 0.717) is 44.5 Å². The maximum Gasteiger partial charge on any atom is 0.333 e. The number of rotatable bonds is 4. The minimum absolute atomic E-state index is 0.128. The Morgan fingerprint density at radius 3 is 2.54 bits per heavy atom. The van der Waals surface area contributed by atoms with Gasteiger partial charge in [-0.05, 0) is 73.7 Å². The van der Waals surface area contributed by atoms with E-state index in [1.807, 2.05) is 6.07 Å². The maximum absolute atomic E-state index is 16.2. The van der Waals surface area contributed by atoms with Crippen molar-refractivity contribution < 1.29 is 14.3 Å². The van der Waals surface area contributed by atoms with Gasteiger partial charge in [0.05, 0.1) is 33.1 Å². The molecular weight excluding hydrogens is 547 g/mol. The number of halogens is 2. The first-order valence-corrected chi connectivity index (χ1v) is 13.6. The summed E-state index contributed by atoms with van der Waals surface area (Å²) in [5, 5.41) is 11.7. The van der Waals surface area contributed by atoms with E-state index in [1.54, 1.807) is 69.3 Å². The van der Waals surface area contributed by atoms with Crippen LogP contribution in [0.4, 0.5) is 4.39 Å². The molecule has 8 nitrogen and oxygen atoms in total. The van der Waals surface area contributed by atoms with Crippen LogP contribution in [0.5, 0.6) is 0 Å². The number of benzene rings is 3. The summed E-state index contributed by atoms with van der Waals surface area (Å²) < 4.78 is 17.2. The van der Waals surface area contributed by atoms with Crippen LogP contribution < -0.4 is 17.0 Å². The summed E-state index contributed by atoms with van der Waals surface area (Å²) in [4.78, 5) is 45.1. The number of carbonyl (C=O) groups is 1. The second-order valence-corrected chi connectivity index (χ2v) is 11.6. The lowest BCUT2D eigenvalue weighted by molar-refractivity contribution is -0.120. The molecule has 10 heteroatoms. The second-order valence-electron chi connectivity index (χ2n) is 11.2. The van der Waals surface area contributed by atoms with Gasteiger partial charge in [-0.25, -0.2) is 13.8 Å². The SMILES string of the molecule is Cc1c([C@H]2c3c([nH]c4cc(C(C)(C)O)ccc34)C(C(N)=O)C[C@H]2F)cccc1-n1c(=O)[nH]c2c(Cl)cccc2c1=O. The third-order valence-corrected chi connectivity index (χ3v) is 8.52. The Morgan fingerprint density at radius 1 is 1.10 bits per heavy atom. The van der Waals surface area contributed by atoms with Crippen LogP contribution in [0.15, 0.2) is 64.2 Å². The normalized spacial score (nSPS) is 19.0.